The van der Waals surface area contributed by atoms with E-state index in [1.54, 1.807) is 12.1 Å². The van der Waals surface area contributed by atoms with E-state index in [1.165, 1.54) is 29.2 Å². The molecule has 43 heavy (non-hydrogen) atoms. The maximum Gasteiger partial charge on any atom is 0.416 e. The molecule has 3 rings (SSSR count). The maximum atomic E-state index is 12.8. The number of benzene rings is 3. The highest BCUT2D eigenvalue weighted by atomic mass is 19.4. The Morgan fingerprint density at radius 1 is 0.767 bits per heavy atom. The molecule has 0 saturated carbocycles. The summed E-state index contributed by atoms with van der Waals surface area (Å²) in [5.74, 6) is 0. The minimum Gasteiger partial charge on any atom is -0.405 e. The first-order valence-corrected chi connectivity index (χ1v) is 14.5. The van der Waals surface area contributed by atoms with E-state index in [0.717, 1.165) is 54.8 Å². The highest BCUT2D eigenvalue weighted by molar-refractivity contribution is 5.69. The van der Waals surface area contributed by atoms with Gasteiger partial charge >= 0.3 is 6.18 Å². The van der Waals surface area contributed by atoms with Crippen molar-refractivity contribution in [3.8, 4) is 0 Å². The summed E-state index contributed by atoms with van der Waals surface area (Å²) in [5, 5.41) is 0. The molecule has 0 atom stereocenters. The molecule has 3 aromatic rings. The lowest BCUT2D eigenvalue weighted by molar-refractivity contribution is -0.137. The van der Waals surface area contributed by atoms with Crippen molar-refractivity contribution >= 4 is 11.8 Å². The number of allylic oxidation sites excluding steroid dienone is 3. The molecule has 0 radical (unpaired) electrons. The number of alkyl halides is 3. The fourth-order valence-corrected chi connectivity index (χ4v) is 4.01. The van der Waals surface area contributed by atoms with Crippen molar-refractivity contribution < 1.29 is 13.2 Å². The lowest BCUT2D eigenvalue weighted by Crippen LogP contribution is -2.25. The van der Waals surface area contributed by atoms with Gasteiger partial charge in [-0.1, -0.05) is 93.8 Å². The number of hydrogen-bond acceptors (Lipinski definition) is 3. The van der Waals surface area contributed by atoms with Crippen LogP contribution >= 0.6 is 0 Å². The van der Waals surface area contributed by atoms with Gasteiger partial charge in [-0.15, -0.1) is 0 Å². The van der Waals surface area contributed by atoms with Crippen molar-refractivity contribution in [1.82, 2.24) is 0 Å². The van der Waals surface area contributed by atoms with Gasteiger partial charge in [0.15, 0.2) is 0 Å². The maximum absolute atomic E-state index is 12.8. The van der Waals surface area contributed by atoms with E-state index in [4.69, 9.17) is 0 Å². The molecule has 234 valence electrons. The highest BCUT2D eigenvalue weighted by Gasteiger charge is 2.29. The first-order chi connectivity index (χ1) is 20.5. The zero-order valence-electron chi connectivity index (χ0n) is 26.5. The number of halogens is 3. The molecule has 3 aromatic carbocycles. The van der Waals surface area contributed by atoms with Crippen molar-refractivity contribution in [3.63, 3.8) is 0 Å². The second-order valence-electron chi connectivity index (χ2n) is 9.69. The number of aryl methyl sites for hydroxylation is 2. The molecule has 0 aliphatic heterocycles. The molecule has 0 unspecified atom stereocenters. The van der Waals surface area contributed by atoms with Crippen molar-refractivity contribution in [2.45, 2.75) is 60.1 Å². The lowest BCUT2D eigenvalue weighted by Gasteiger charge is -2.26. The number of nitrogens with two attached hydrogens (primary N) is 2. The van der Waals surface area contributed by atoms with Gasteiger partial charge in [-0.3, -0.25) is 0 Å². The molecular weight excluding hydrogens is 543 g/mol. The van der Waals surface area contributed by atoms with Gasteiger partial charge in [0, 0.05) is 18.8 Å². The van der Waals surface area contributed by atoms with E-state index in [0.29, 0.717) is 6.42 Å². The van der Waals surface area contributed by atoms with E-state index in [-0.39, 0.29) is 0 Å². The molecule has 0 aromatic heterocycles. The summed E-state index contributed by atoms with van der Waals surface area (Å²) in [4.78, 5) is 2.40. The fraction of sp³-hybridized carbons (Fsp3) is 0.297. The Labute approximate surface area is 258 Å². The van der Waals surface area contributed by atoms with E-state index in [2.05, 4.69) is 106 Å². The van der Waals surface area contributed by atoms with Crippen LogP contribution in [0.25, 0.3) is 6.08 Å². The average Bonchev–Trinajstić information content (AvgIpc) is 2.96. The lowest BCUT2D eigenvalue weighted by atomic mass is 9.99. The number of anilines is 1. The zero-order valence-corrected chi connectivity index (χ0v) is 26.5. The number of hydrogen-bond donors (Lipinski definition) is 2. The van der Waals surface area contributed by atoms with Gasteiger partial charge in [0.2, 0.25) is 0 Å². The smallest absolute Gasteiger partial charge is 0.405 e. The van der Waals surface area contributed by atoms with Gasteiger partial charge in [-0.25, -0.2) is 0 Å². The molecule has 0 heterocycles. The van der Waals surface area contributed by atoms with Crippen LogP contribution in [0.2, 0.25) is 0 Å². The molecule has 0 aliphatic rings. The fourth-order valence-electron chi connectivity index (χ4n) is 4.01. The Morgan fingerprint density at radius 3 is 1.67 bits per heavy atom. The Balaban J connectivity index is 0.00000104. The SMILES string of the molecule is C/C=C\C=C\c1cc(Cc2ccc(C(F)(F)F)cc2)ccc1N(CCC)CCC.C=CN.C=CN.Cc1ccccc1C. The molecule has 0 bridgehead atoms. The predicted molar refractivity (Wildman–Crippen MR) is 182 cm³/mol. The van der Waals surface area contributed by atoms with Gasteiger partial charge in [0.1, 0.15) is 0 Å². The van der Waals surface area contributed by atoms with Gasteiger partial charge in [0.05, 0.1) is 5.56 Å². The summed E-state index contributed by atoms with van der Waals surface area (Å²) in [6.07, 6.45) is 9.06. The van der Waals surface area contributed by atoms with E-state index < -0.39 is 11.7 Å². The second kappa shape index (κ2) is 22.4. The molecule has 0 amide bonds. The van der Waals surface area contributed by atoms with Crippen molar-refractivity contribution in [2.75, 3.05) is 18.0 Å². The summed E-state index contributed by atoms with van der Waals surface area (Å²) in [6.45, 7) is 18.8. The van der Waals surface area contributed by atoms with Crippen LogP contribution in [0.4, 0.5) is 18.9 Å². The average molecular weight is 594 g/mol. The monoisotopic (exact) mass is 593 g/mol. The van der Waals surface area contributed by atoms with Crippen LogP contribution in [-0.4, -0.2) is 13.1 Å². The summed E-state index contributed by atoms with van der Waals surface area (Å²) in [7, 11) is 0. The Morgan fingerprint density at radius 2 is 1.26 bits per heavy atom. The highest BCUT2D eigenvalue weighted by Crippen LogP contribution is 2.30. The van der Waals surface area contributed by atoms with Crippen LogP contribution in [0.5, 0.6) is 0 Å². The summed E-state index contributed by atoms with van der Waals surface area (Å²) in [6, 6.07) is 20.2. The van der Waals surface area contributed by atoms with Gasteiger partial charge in [-0.05, 0) is 105 Å². The topological polar surface area (TPSA) is 55.3 Å². The molecule has 0 saturated heterocycles. The van der Waals surface area contributed by atoms with Crippen LogP contribution in [0, 0.1) is 13.8 Å². The van der Waals surface area contributed by atoms with Crippen LogP contribution in [0.15, 0.2) is 111 Å². The Hall–Kier alpha value is -4.19. The standard InChI is InChI=1S/C25H30F3N.C8H10.2C2H5N/c1-4-7-8-9-22-19-21(12-15-24(22)29(16-5-2)17-6-3)18-20-10-13-23(14-11-20)25(26,27)28;1-7-5-3-4-6-8(7)2;2*1-2-3/h4,7-15,19H,5-6,16-18H2,1-3H3;3-6H,1-2H3;2*2H,1,3H2/b7-4-,9-8+;;;. The molecule has 0 spiro atoms. The van der Waals surface area contributed by atoms with Crippen LogP contribution in [0.1, 0.15) is 67.0 Å². The molecule has 0 fully saturated rings. The number of nitrogens with zero attached hydrogens (tertiary/aromatic N) is 1. The van der Waals surface area contributed by atoms with E-state index >= 15 is 0 Å². The Bertz CT molecular complexity index is 1210. The Kier molecular flexibility index (Phi) is 20.2. The van der Waals surface area contributed by atoms with Crippen LogP contribution < -0.4 is 16.4 Å². The summed E-state index contributed by atoms with van der Waals surface area (Å²) in [5.41, 5.74) is 15.6. The minimum atomic E-state index is -4.30. The quantitative estimate of drug-likeness (QED) is 0.243. The van der Waals surface area contributed by atoms with Gasteiger partial charge in [-0.2, -0.15) is 13.2 Å². The third-order valence-corrected chi connectivity index (χ3v) is 6.11. The first-order valence-electron chi connectivity index (χ1n) is 14.5. The number of rotatable bonds is 9. The third kappa shape index (κ3) is 16.1. The molecule has 4 N–H and O–H groups in total. The normalized spacial score (nSPS) is 10.5. The van der Waals surface area contributed by atoms with E-state index in [9.17, 15) is 13.2 Å². The summed E-state index contributed by atoms with van der Waals surface area (Å²) < 4.78 is 38.3. The van der Waals surface area contributed by atoms with Gasteiger partial charge in [0.25, 0.3) is 0 Å². The molecular formula is C37H50F3N3. The van der Waals surface area contributed by atoms with Crippen LogP contribution in [-0.2, 0) is 12.6 Å². The van der Waals surface area contributed by atoms with Crippen LogP contribution in [0.3, 0.4) is 0 Å². The summed E-state index contributed by atoms with van der Waals surface area (Å²) >= 11 is 0. The largest absolute Gasteiger partial charge is 0.416 e. The van der Waals surface area contributed by atoms with Crippen molar-refractivity contribution in [1.29, 1.82) is 0 Å². The molecule has 0 aliphatic carbocycles. The molecule has 3 nitrogen and oxygen atoms in total. The first kappa shape index (κ1) is 38.8. The van der Waals surface area contributed by atoms with Crippen molar-refractivity contribution in [2.24, 2.45) is 11.5 Å². The minimum absolute atomic E-state index is 0.602. The predicted octanol–water partition coefficient (Wildman–Crippen LogP) is 9.99. The third-order valence-electron chi connectivity index (χ3n) is 6.11. The zero-order chi connectivity index (χ0) is 32.7. The van der Waals surface area contributed by atoms with Gasteiger partial charge < -0.3 is 16.4 Å². The van der Waals surface area contributed by atoms with Crippen molar-refractivity contribution in [3.05, 3.63) is 144 Å². The molecule has 6 heteroatoms. The second-order valence-corrected chi connectivity index (χ2v) is 9.69. The van der Waals surface area contributed by atoms with E-state index in [1.807, 2.05) is 25.2 Å².